The molecular formula is C10H11ClO3S2. The van der Waals surface area contributed by atoms with Crippen molar-refractivity contribution in [3.05, 3.63) is 28.8 Å². The van der Waals surface area contributed by atoms with Gasteiger partial charge in [-0.1, -0.05) is 11.6 Å². The first kappa shape index (κ1) is 13.5. The summed E-state index contributed by atoms with van der Waals surface area (Å²) in [6.45, 7) is 0. The molecule has 0 heterocycles. The van der Waals surface area contributed by atoms with E-state index in [2.05, 4.69) is 0 Å². The SMILES string of the molecule is CS(=O)(=O)CCSc1ccc(C=O)c(Cl)c1. The van der Waals surface area contributed by atoms with Gasteiger partial charge in [-0.2, -0.15) is 0 Å². The molecule has 0 aliphatic rings. The summed E-state index contributed by atoms with van der Waals surface area (Å²) in [6, 6.07) is 5.04. The number of halogens is 1. The van der Waals surface area contributed by atoms with Crippen molar-refractivity contribution >= 4 is 39.5 Å². The third kappa shape index (κ3) is 4.55. The molecule has 0 aliphatic heterocycles. The Bertz CT molecular complexity index is 483. The number of benzene rings is 1. The third-order valence-electron chi connectivity index (χ3n) is 1.82. The Kier molecular flexibility index (Phi) is 4.83. The summed E-state index contributed by atoms with van der Waals surface area (Å²) in [4.78, 5) is 11.4. The van der Waals surface area contributed by atoms with Gasteiger partial charge in [0.25, 0.3) is 0 Å². The third-order valence-corrected chi connectivity index (χ3v) is 4.35. The summed E-state index contributed by atoms with van der Waals surface area (Å²) >= 11 is 7.24. The van der Waals surface area contributed by atoms with Crippen molar-refractivity contribution in [1.29, 1.82) is 0 Å². The molecular weight excluding hydrogens is 268 g/mol. The number of sulfone groups is 1. The lowest BCUT2D eigenvalue weighted by Gasteiger charge is -2.02. The van der Waals surface area contributed by atoms with Gasteiger partial charge in [0.15, 0.2) is 6.29 Å². The zero-order valence-electron chi connectivity index (χ0n) is 8.64. The Balaban J connectivity index is 2.62. The van der Waals surface area contributed by atoms with Gasteiger partial charge in [-0.25, -0.2) is 8.42 Å². The summed E-state index contributed by atoms with van der Waals surface area (Å²) in [5.41, 5.74) is 0.439. The van der Waals surface area contributed by atoms with E-state index in [0.29, 0.717) is 22.6 Å². The summed E-state index contributed by atoms with van der Waals surface area (Å²) in [7, 11) is -2.93. The topological polar surface area (TPSA) is 51.2 Å². The molecule has 3 nitrogen and oxygen atoms in total. The van der Waals surface area contributed by atoms with E-state index in [0.717, 1.165) is 4.90 Å². The average Bonchev–Trinajstić information content (AvgIpc) is 2.16. The van der Waals surface area contributed by atoms with Gasteiger partial charge >= 0.3 is 0 Å². The number of carbonyl (C=O) groups is 1. The first-order chi connectivity index (χ1) is 7.42. The summed E-state index contributed by atoms with van der Waals surface area (Å²) in [6.07, 6.45) is 1.89. The van der Waals surface area contributed by atoms with Crippen LogP contribution in [0.15, 0.2) is 23.1 Å². The number of rotatable bonds is 5. The van der Waals surface area contributed by atoms with Gasteiger partial charge < -0.3 is 0 Å². The van der Waals surface area contributed by atoms with Gasteiger partial charge in [0.1, 0.15) is 9.84 Å². The monoisotopic (exact) mass is 278 g/mol. The van der Waals surface area contributed by atoms with Crippen LogP contribution in [0.2, 0.25) is 5.02 Å². The van der Waals surface area contributed by atoms with Crippen molar-refractivity contribution in [2.45, 2.75) is 4.90 Å². The summed E-state index contributed by atoms with van der Waals surface area (Å²) < 4.78 is 21.8. The number of aldehydes is 1. The van der Waals surface area contributed by atoms with Gasteiger partial charge in [0.05, 0.1) is 10.8 Å². The van der Waals surface area contributed by atoms with Crippen LogP contribution in [-0.2, 0) is 9.84 Å². The summed E-state index contributed by atoms with van der Waals surface area (Å²) in [5, 5.41) is 0.388. The molecule has 0 amide bonds. The second kappa shape index (κ2) is 5.70. The Morgan fingerprint density at radius 1 is 1.44 bits per heavy atom. The molecule has 0 spiro atoms. The van der Waals surface area contributed by atoms with Crippen LogP contribution in [0.4, 0.5) is 0 Å². The lowest BCUT2D eigenvalue weighted by Crippen LogP contribution is -2.04. The molecule has 0 N–H and O–H groups in total. The zero-order chi connectivity index (χ0) is 12.2. The number of carbonyl (C=O) groups excluding carboxylic acids is 1. The predicted octanol–water partition coefficient (Wildman–Crippen LogP) is 2.29. The highest BCUT2D eigenvalue weighted by molar-refractivity contribution is 8.00. The van der Waals surface area contributed by atoms with E-state index in [-0.39, 0.29) is 5.75 Å². The Hall–Kier alpha value is -0.520. The fraction of sp³-hybridized carbons (Fsp3) is 0.300. The van der Waals surface area contributed by atoms with Crippen LogP contribution in [0.1, 0.15) is 10.4 Å². The molecule has 0 unspecified atom stereocenters. The second-order valence-electron chi connectivity index (χ2n) is 3.28. The molecule has 0 atom stereocenters. The Morgan fingerprint density at radius 3 is 2.62 bits per heavy atom. The molecule has 1 aromatic carbocycles. The zero-order valence-corrected chi connectivity index (χ0v) is 11.0. The summed E-state index contributed by atoms with van der Waals surface area (Å²) in [5.74, 6) is 0.611. The van der Waals surface area contributed by atoms with Crippen LogP contribution in [0.25, 0.3) is 0 Å². The molecule has 88 valence electrons. The van der Waals surface area contributed by atoms with E-state index in [9.17, 15) is 13.2 Å². The van der Waals surface area contributed by atoms with Gasteiger partial charge in [0, 0.05) is 22.5 Å². The van der Waals surface area contributed by atoms with E-state index in [1.54, 1.807) is 18.2 Å². The van der Waals surface area contributed by atoms with Gasteiger partial charge in [-0.3, -0.25) is 4.79 Å². The first-order valence-corrected chi connectivity index (χ1v) is 7.90. The lowest BCUT2D eigenvalue weighted by atomic mass is 10.2. The highest BCUT2D eigenvalue weighted by Crippen LogP contribution is 2.24. The molecule has 1 aromatic rings. The van der Waals surface area contributed by atoms with Gasteiger partial charge in [-0.15, -0.1) is 11.8 Å². The van der Waals surface area contributed by atoms with Crippen molar-refractivity contribution in [2.24, 2.45) is 0 Å². The van der Waals surface area contributed by atoms with Crippen molar-refractivity contribution in [1.82, 2.24) is 0 Å². The minimum absolute atomic E-state index is 0.130. The highest BCUT2D eigenvalue weighted by Gasteiger charge is 2.04. The molecule has 16 heavy (non-hydrogen) atoms. The molecule has 0 bridgehead atoms. The van der Waals surface area contributed by atoms with E-state index in [1.165, 1.54) is 18.0 Å². The van der Waals surface area contributed by atoms with E-state index < -0.39 is 9.84 Å². The molecule has 0 aromatic heterocycles. The van der Waals surface area contributed by atoms with Crippen molar-refractivity contribution in [3.8, 4) is 0 Å². The first-order valence-electron chi connectivity index (χ1n) is 4.47. The van der Waals surface area contributed by atoms with Gasteiger partial charge in [-0.05, 0) is 18.2 Å². The smallest absolute Gasteiger partial charge is 0.151 e. The largest absolute Gasteiger partial charge is 0.298 e. The highest BCUT2D eigenvalue weighted by atomic mass is 35.5. The van der Waals surface area contributed by atoms with Crippen molar-refractivity contribution in [3.63, 3.8) is 0 Å². The van der Waals surface area contributed by atoms with Crippen LogP contribution >= 0.6 is 23.4 Å². The maximum Gasteiger partial charge on any atom is 0.151 e. The normalized spacial score (nSPS) is 11.4. The molecule has 6 heteroatoms. The van der Waals surface area contributed by atoms with Crippen LogP contribution in [0.5, 0.6) is 0 Å². The maximum absolute atomic E-state index is 10.9. The van der Waals surface area contributed by atoms with Gasteiger partial charge in [0.2, 0.25) is 0 Å². The molecule has 0 saturated carbocycles. The molecule has 0 fully saturated rings. The van der Waals surface area contributed by atoms with Crippen LogP contribution in [0.3, 0.4) is 0 Å². The number of hydrogen-bond acceptors (Lipinski definition) is 4. The Morgan fingerprint density at radius 2 is 2.12 bits per heavy atom. The van der Waals surface area contributed by atoms with Crippen molar-refractivity contribution in [2.75, 3.05) is 17.8 Å². The molecule has 0 radical (unpaired) electrons. The average molecular weight is 279 g/mol. The molecule has 1 rings (SSSR count). The van der Waals surface area contributed by atoms with Crippen molar-refractivity contribution < 1.29 is 13.2 Å². The molecule has 0 aliphatic carbocycles. The fourth-order valence-corrected chi connectivity index (χ4v) is 3.44. The maximum atomic E-state index is 10.9. The number of thioether (sulfide) groups is 1. The van der Waals surface area contributed by atoms with Crippen LogP contribution < -0.4 is 0 Å². The van der Waals surface area contributed by atoms with E-state index in [1.807, 2.05) is 0 Å². The Labute approximate surface area is 104 Å². The lowest BCUT2D eigenvalue weighted by molar-refractivity contribution is 0.112. The number of hydrogen-bond donors (Lipinski definition) is 0. The van der Waals surface area contributed by atoms with E-state index in [4.69, 9.17) is 11.6 Å². The minimum atomic E-state index is -2.93. The predicted molar refractivity (Wildman–Crippen MR) is 67.3 cm³/mol. The minimum Gasteiger partial charge on any atom is -0.298 e. The standard InChI is InChI=1S/C10H11ClO3S2/c1-16(13,14)5-4-15-9-3-2-8(7-12)10(11)6-9/h2-3,6-7H,4-5H2,1H3. The van der Waals surface area contributed by atoms with E-state index >= 15 is 0 Å². The van der Waals surface area contributed by atoms with Crippen LogP contribution in [-0.4, -0.2) is 32.5 Å². The fourth-order valence-electron chi connectivity index (χ4n) is 1.00. The quantitative estimate of drug-likeness (QED) is 0.612. The second-order valence-corrected chi connectivity index (χ2v) is 7.11. The van der Waals surface area contributed by atoms with Crippen LogP contribution in [0, 0.1) is 0 Å². The molecule has 0 saturated heterocycles.